The van der Waals surface area contributed by atoms with Crippen LogP contribution in [0.1, 0.15) is 31.9 Å². The predicted octanol–water partition coefficient (Wildman–Crippen LogP) is 2.89. The van der Waals surface area contributed by atoms with Crippen molar-refractivity contribution in [3.05, 3.63) is 29.8 Å². The van der Waals surface area contributed by atoms with Gasteiger partial charge in [0, 0.05) is 0 Å². The average Bonchev–Trinajstić information content (AvgIpc) is 2.36. The third-order valence-electron chi connectivity index (χ3n) is 2.49. The number of carbonyl (C=O) groups excluding carboxylic acids is 1. The first kappa shape index (κ1) is 13.4. The smallest absolute Gasteiger partial charge is 0.407 e. The molecule has 1 unspecified atom stereocenters. The minimum atomic E-state index is -0.379. The summed E-state index contributed by atoms with van der Waals surface area (Å²) in [5.74, 6) is 0.805. The van der Waals surface area contributed by atoms with Crippen LogP contribution in [0.5, 0.6) is 5.75 Å². The Balaban J connectivity index is 2.68. The van der Waals surface area contributed by atoms with Crippen LogP contribution < -0.4 is 10.1 Å². The van der Waals surface area contributed by atoms with Crippen LogP contribution >= 0.6 is 0 Å². The van der Waals surface area contributed by atoms with E-state index in [1.807, 2.05) is 31.2 Å². The summed E-state index contributed by atoms with van der Waals surface area (Å²) in [7, 11) is 1.63. The molecule has 1 amide bonds. The number of hydrogen-bond acceptors (Lipinski definition) is 3. The second-order valence-corrected chi connectivity index (χ2v) is 3.60. The normalized spacial score (nSPS) is 11.7. The topological polar surface area (TPSA) is 47.6 Å². The lowest BCUT2D eigenvalue weighted by molar-refractivity contribution is 0.147. The van der Waals surface area contributed by atoms with Gasteiger partial charge in [-0.05, 0) is 31.0 Å². The van der Waals surface area contributed by atoms with E-state index in [0.29, 0.717) is 6.61 Å². The van der Waals surface area contributed by atoms with Crippen molar-refractivity contribution >= 4 is 6.09 Å². The SMILES string of the molecule is CCOC(=O)NC(CC)c1ccc(OC)cc1. The molecule has 1 N–H and O–H groups in total. The molecule has 17 heavy (non-hydrogen) atoms. The monoisotopic (exact) mass is 237 g/mol. The first-order valence-electron chi connectivity index (χ1n) is 5.78. The van der Waals surface area contributed by atoms with Crippen molar-refractivity contribution in [2.45, 2.75) is 26.3 Å². The molecule has 0 saturated carbocycles. The van der Waals surface area contributed by atoms with Crippen molar-refractivity contribution in [1.82, 2.24) is 5.32 Å². The molecule has 1 aromatic rings. The zero-order valence-corrected chi connectivity index (χ0v) is 10.5. The van der Waals surface area contributed by atoms with Gasteiger partial charge in [-0.15, -0.1) is 0 Å². The maximum absolute atomic E-state index is 11.4. The Morgan fingerprint density at radius 2 is 1.94 bits per heavy atom. The Morgan fingerprint density at radius 1 is 1.29 bits per heavy atom. The summed E-state index contributed by atoms with van der Waals surface area (Å²) in [5, 5.41) is 2.82. The summed E-state index contributed by atoms with van der Waals surface area (Å²) >= 11 is 0. The molecule has 0 heterocycles. The van der Waals surface area contributed by atoms with E-state index in [0.717, 1.165) is 17.7 Å². The molecule has 1 rings (SSSR count). The summed E-state index contributed by atoms with van der Waals surface area (Å²) in [4.78, 5) is 11.4. The molecule has 0 fully saturated rings. The lowest BCUT2D eigenvalue weighted by Crippen LogP contribution is -2.28. The molecule has 0 aliphatic rings. The molecule has 0 aliphatic carbocycles. The zero-order valence-electron chi connectivity index (χ0n) is 10.5. The van der Waals surface area contributed by atoms with Gasteiger partial charge in [0.25, 0.3) is 0 Å². The molecular weight excluding hydrogens is 218 g/mol. The Labute approximate surface area is 102 Å². The van der Waals surface area contributed by atoms with Crippen LogP contribution in [-0.2, 0) is 4.74 Å². The van der Waals surface area contributed by atoms with Crippen molar-refractivity contribution in [2.75, 3.05) is 13.7 Å². The number of rotatable bonds is 5. The van der Waals surface area contributed by atoms with E-state index in [-0.39, 0.29) is 12.1 Å². The molecule has 0 saturated heterocycles. The summed E-state index contributed by atoms with van der Waals surface area (Å²) in [6.07, 6.45) is 0.431. The van der Waals surface area contributed by atoms with Crippen LogP contribution in [0.15, 0.2) is 24.3 Å². The summed E-state index contributed by atoms with van der Waals surface area (Å²) in [6, 6.07) is 7.62. The molecule has 1 atom stereocenters. The molecule has 0 bridgehead atoms. The Morgan fingerprint density at radius 3 is 2.41 bits per heavy atom. The Hall–Kier alpha value is -1.71. The second kappa shape index (κ2) is 6.78. The molecular formula is C13H19NO3. The molecule has 1 aromatic carbocycles. The fourth-order valence-electron chi connectivity index (χ4n) is 1.57. The van der Waals surface area contributed by atoms with E-state index < -0.39 is 0 Å². The molecule has 0 aliphatic heterocycles. The van der Waals surface area contributed by atoms with Crippen LogP contribution in [0.4, 0.5) is 4.79 Å². The number of methoxy groups -OCH3 is 1. The van der Waals surface area contributed by atoms with Crippen LogP contribution in [-0.4, -0.2) is 19.8 Å². The first-order chi connectivity index (χ1) is 8.21. The highest BCUT2D eigenvalue weighted by Gasteiger charge is 2.12. The standard InChI is InChI=1S/C13H19NO3/c1-4-12(14-13(15)17-5-2)10-6-8-11(16-3)9-7-10/h6-9,12H,4-5H2,1-3H3,(H,14,15). The van der Waals surface area contributed by atoms with E-state index in [2.05, 4.69) is 5.32 Å². The molecule has 0 spiro atoms. The van der Waals surface area contributed by atoms with Crippen LogP contribution in [0.2, 0.25) is 0 Å². The van der Waals surface area contributed by atoms with Gasteiger partial charge in [-0.2, -0.15) is 0 Å². The van der Waals surface area contributed by atoms with Gasteiger partial charge in [-0.25, -0.2) is 4.79 Å². The van der Waals surface area contributed by atoms with Crippen LogP contribution in [0.3, 0.4) is 0 Å². The number of hydrogen-bond donors (Lipinski definition) is 1. The van der Waals surface area contributed by atoms with E-state index in [1.54, 1.807) is 14.0 Å². The fraction of sp³-hybridized carbons (Fsp3) is 0.462. The highest BCUT2D eigenvalue weighted by Crippen LogP contribution is 2.20. The van der Waals surface area contributed by atoms with E-state index in [1.165, 1.54) is 0 Å². The van der Waals surface area contributed by atoms with E-state index in [4.69, 9.17) is 9.47 Å². The molecule has 4 nitrogen and oxygen atoms in total. The van der Waals surface area contributed by atoms with Gasteiger partial charge >= 0.3 is 6.09 Å². The van der Waals surface area contributed by atoms with E-state index in [9.17, 15) is 4.79 Å². The quantitative estimate of drug-likeness (QED) is 0.856. The average molecular weight is 237 g/mol. The van der Waals surface area contributed by atoms with Gasteiger partial charge in [0.1, 0.15) is 5.75 Å². The number of nitrogens with one attached hydrogen (secondary N) is 1. The highest BCUT2D eigenvalue weighted by atomic mass is 16.5. The molecule has 4 heteroatoms. The Bertz CT molecular complexity index is 348. The lowest BCUT2D eigenvalue weighted by Gasteiger charge is -2.17. The van der Waals surface area contributed by atoms with Crippen LogP contribution in [0.25, 0.3) is 0 Å². The maximum atomic E-state index is 11.4. The molecule has 0 aromatic heterocycles. The highest BCUT2D eigenvalue weighted by molar-refractivity contribution is 5.67. The number of ether oxygens (including phenoxy) is 2. The summed E-state index contributed by atoms with van der Waals surface area (Å²) < 4.78 is 9.96. The number of amides is 1. The van der Waals surface area contributed by atoms with E-state index >= 15 is 0 Å². The predicted molar refractivity (Wildman–Crippen MR) is 66.2 cm³/mol. The second-order valence-electron chi connectivity index (χ2n) is 3.60. The van der Waals surface area contributed by atoms with Crippen LogP contribution in [0, 0.1) is 0 Å². The lowest BCUT2D eigenvalue weighted by atomic mass is 10.0. The van der Waals surface area contributed by atoms with Gasteiger partial charge in [0.15, 0.2) is 0 Å². The largest absolute Gasteiger partial charge is 0.497 e. The van der Waals surface area contributed by atoms with Gasteiger partial charge in [-0.1, -0.05) is 19.1 Å². The van der Waals surface area contributed by atoms with Crippen molar-refractivity contribution < 1.29 is 14.3 Å². The molecule has 0 radical (unpaired) electrons. The third-order valence-corrected chi connectivity index (χ3v) is 2.49. The summed E-state index contributed by atoms with van der Waals surface area (Å²) in [5.41, 5.74) is 1.04. The Kier molecular flexibility index (Phi) is 5.33. The number of carbonyl (C=O) groups is 1. The summed E-state index contributed by atoms with van der Waals surface area (Å²) in [6.45, 7) is 4.18. The zero-order chi connectivity index (χ0) is 12.7. The van der Waals surface area contributed by atoms with Crippen molar-refractivity contribution in [3.8, 4) is 5.75 Å². The van der Waals surface area contributed by atoms with Gasteiger partial charge < -0.3 is 14.8 Å². The fourth-order valence-corrected chi connectivity index (χ4v) is 1.57. The van der Waals surface area contributed by atoms with Gasteiger partial charge in [0.2, 0.25) is 0 Å². The van der Waals surface area contributed by atoms with Gasteiger partial charge in [-0.3, -0.25) is 0 Å². The minimum absolute atomic E-state index is 0.0278. The number of benzene rings is 1. The molecule has 94 valence electrons. The minimum Gasteiger partial charge on any atom is -0.497 e. The van der Waals surface area contributed by atoms with Crippen molar-refractivity contribution in [1.29, 1.82) is 0 Å². The number of alkyl carbamates (subject to hydrolysis) is 1. The third kappa shape index (κ3) is 3.98. The van der Waals surface area contributed by atoms with Crippen molar-refractivity contribution in [2.24, 2.45) is 0 Å². The van der Waals surface area contributed by atoms with Crippen molar-refractivity contribution in [3.63, 3.8) is 0 Å². The maximum Gasteiger partial charge on any atom is 0.407 e. The first-order valence-corrected chi connectivity index (χ1v) is 5.78. The van der Waals surface area contributed by atoms with Gasteiger partial charge in [0.05, 0.1) is 19.8 Å².